The highest BCUT2D eigenvalue weighted by Gasteiger charge is 2.16. The van der Waals surface area contributed by atoms with E-state index in [-0.39, 0.29) is 16.6 Å². The van der Waals surface area contributed by atoms with Gasteiger partial charge in [-0.25, -0.2) is 4.98 Å². The number of rotatable bonds is 7. The zero-order valence-electron chi connectivity index (χ0n) is 13.6. The number of hydrogen-bond donors (Lipinski definition) is 2. The summed E-state index contributed by atoms with van der Waals surface area (Å²) in [6, 6.07) is 4.60. The fourth-order valence-corrected chi connectivity index (χ4v) is 2.79. The number of aliphatic carboxylic acids is 1. The maximum atomic E-state index is 11.3. The van der Waals surface area contributed by atoms with E-state index in [4.69, 9.17) is 5.11 Å². The summed E-state index contributed by atoms with van der Waals surface area (Å²) < 4.78 is 1.73. The molecule has 0 aliphatic heterocycles. The third-order valence-electron chi connectivity index (χ3n) is 3.48. The van der Waals surface area contributed by atoms with Crippen LogP contribution in [0, 0.1) is 10.1 Å². The monoisotopic (exact) mass is 374 g/mol. The molecule has 3 rings (SSSR count). The number of thioether (sulfide) groups is 1. The number of carboxylic acids is 1. The Morgan fingerprint density at radius 2 is 2.12 bits per heavy atom. The molecule has 3 aromatic rings. The molecule has 2 aromatic heterocycles. The van der Waals surface area contributed by atoms with E-state index in [1.807, 2.05) is 6.92 Å². The number of carboxylic acid groups (broad SMARTS) is 1. The molecule has 0 radical (unpaired) electrons. The summed E-state index contributed by atoms with van der Waals surface area (Å²) in [4.78, 5) is 25.6. The normalized spacial score (nSPS) is 10.8. The summed E-state index contributed by atoms with van der Waals surface area (Å²) in [7, 11) is 0. The number of benzene rings is 1. The molecule has 0 spiro atoms. The maximum Gasteiger partial charge on any atom is 0.313 e. The summed E-state index contributed by atoms with van der Waals surface area (Å²) in [5, 5.41) is 31.1. The highest BCUT2D eigenvalue weighted by Crippen LogP contribution is 2.30. The lowest BCUT2D eigenvalue weighted by molar-refractivity contribution is -0.384. The summed E-state index contributed by atoms with van der Waals surface area (Å²) in [6.45, 7) is 2.63. The van der Waals surface area contributed by atoms with Gasteiger partial charge < -0.3 is 5.11 Å². The number of nitrogens with one attached hydrogen (secondary N) is 1. The van der Waals surface area contributed by atoms with Crippen LogP contribution in [0.5, 0.6) is 0 Å². The Bertz CT molecular complexity index is 967. The minimum atomic E-state index is -0.980. The van der Waals surface area contributed by atoms with Crippen molar-refractivity contribution in [2.75, 3.05) is 5.75 Å². The summed E-state index contributed by atoms with van der Waals surface area (Å²) in [5.41, 5.74) is 1.77. The number of nitro groups is 1. The Morgan fingerprint density at radius 1 is 1.35 bits per heavy atom. The highest BCUT2D eigenvalue weighted by atomic mass is 32.2. The molecule has 0 saturated carbocycles. The first-order valence-electron chi connectivity index (χ1n) is 7.56. The molecule has 134 valence electrons. The van der Waals surface area contributed by atoms with Crippen LogP contribution in [0.1, 0.15) is 6.92 Å². The predicted molar refractivity (Wildman–Crippen MR) is 93.7 cm³/mol. The molecule has 0 atom stereocenters. The number of nitro benzene ring substituents is 1. The Hall–Kier alpha value is -3.21. The van der Waals surface area contributed by atoms with Crippen LogP contribution in [0.4, 0.5) is 5.69 Å². The van der Waals surface area contributed by atoms with E-state index in [1.165, 1.54) is 12.1 Å². The van der Waals surface area contributed by atoms with Gasteiger partial charge in [0.25, 0.3) is 5.69 Å². The lowest BCUT2D eigenvalue weighted by atomic mass is 10.0. The van der Waals surface area contributed by atoms with Gasteiger partial charge >= 0.3 is 5.97 Å². The van der Waals surface area contributed by atoms with E-state index in [1.54, 1.807) is 23.1 Å². The van der Waals surface area contributed by atoms with Gasteiger partial charge in [0, 0.05) is 36.0 Å². The number of non-ortho nitro benzene ring substituents is 1. The van der Waals surface area contributed by atoms with Gasteiger partial charge in [0.15, 0.2) is 5.82 Å². The van der Waals surface area contributed by atoms with Crippen LogP contribution in [-0.2, 0) is 11.3 Å². The Balaban J connectivity index is 1.98. The molecule has 0 saturated heterocycles. The third kappa shape index (κ3) is 3.88. The largest absolute Gasteiger partial charge is 0.481 e. The number of nitrogens with zero attached hydrogens (tertiary/aromatic N) is 5. The molecule has 0 amide bonds. The van der Waals surface area contributed by atoms with Crippen molar-refractivity contribution in [1.82, 2.24) is 25.0 Å². The fourth-order valence-electron chi connectivity index (χ4n) is 2.27. The van der Waals surface area contributed by atoms with Gasteiger partial charge in [0.05, 0.1) is 16.9 Å². The van der Waals surface area contributed by atoms with E-state index in [2.05, 4.69) is 20.3 Å². The molecule has 0 aliphatic carbocycles. The van der Waals surface area contributed by atoms with Crippen molar-refractivity contribution in [3.63, 3.8) is 0 Å². The summed E-state index contributed by atoms with van der Waals surface area (Å²) in [6.07, 6.45) is 3.44. The lowest BCUT2D eigenvalue weighted by Crippen LogP contribution is -1.97. The van der Waals surface area contributed by atoms with Gasteiger partial charge in [-0.2, -0.15) is 5.10 Å². The SMILES string of the molecule is CCn1cc(-c2cc(-c3nc(SCC(=O)O)n[nH]3)cc([N+](=O)[O-])c2)cn1. The minimum Gasteiger partial charge on any atom is -0.481 e. The first-order valence-corrected chi connectivity index (χ1v) is 8.54. The van der Waals surface area contributed by atoms with Crippen LogP contribution in [0.3, 0.4) is 0 Å². The molecule has 2 heterocycles. The Kier molecular flexibility index (Phi) is 4.98. The molecule has 11 heteroatoms. The number of aromatic amines is 1. The topological polar surface area (TPSA) is 140 Å². The van der Waals surface area contributed by atoms with Crippen LogP contribution in [-0.4, -0.2) is 46.7 Å². The van der Waals surface area contributed by atoms with Crippen LogP contribution >= 0.6 is 11.8 Å². The average Bonchev–Trinajstić information content (AvgIpc) is 3.29. The van der Waals surface area contributed by atoms with E-state index < -0.39 is 10.9 Å². The first kappa shape index (κ1) is 17.6. The van der Waals surface area contributed by atoms with Crippen LogP contribution in [0.15, 0.2) is 35.7 Å². The molecule has 10 nitrogen and oxygen atoms in total. The van der Waals surface area contributed by atoms with Gasteiger partial charge in [-0.15, -0.1) is 5.10 Å². The van der Waals surface area contributed by atoms with Gasteiger partial charge in [-0.05, 0) is 18.6 Å². The van der Waals surface area contributed by atoms with Gasteiger partial charge in [0.1, 0.15) is 0 Å². The van der Waals surface area contributed by atoms with E-state index in [0.29, 0.717) is 23.5 Å². The second-order valence-electron chi connectivity index (χ2n) is 5.26. The smallest absolute Gasteiger partial charge is 0.313 e. The van der Waals surface area contributed by atoms with Crippen molar-refractivity contribution < 1.29 is 14.8 Å². The minimum absolute atomic E-state index is 0.0853. The van der Waals surface area contributed by atoms with Gasteiger partial charge in [-0.1, -0.05) is 11.8 Å². The number of aryl methyl sites for hydroxylation is 1. The van der Waals surface area contributed by atoms with E-state index >= 15 is 0 Å². The molecular weight excluding hydrogens is 360 g/mol. The second-order valence-corrected chi connectivity index (χ2v) is 6.20. The van der Waals surface area contributed by atoms with Gasteiger partial charge in [-0.3, -0.25) is 24.7 Å². The Morgan fingerprint density at radius 3 is 2.77 bits per heavy atom. The molecule has 0 aliphatic rings. The van der Waals surface area contributed by atoms with Crippen molar-refractivity contribution in [1.29, 1.82) is 0 Å². The molecule has 1 aromatic carbocycles. The quantitative estimate of drug-likeness (QED) is 0.365. The molecule has 26 heavy (non-hydrogen) atoms. The van der Waals surface area contributed by atoms with Crippen LogP contribution < -0.4 is 0 Å². The van der Waals surface area contributed by atoms with Crippen molar-refractivity contribution in [2.24, 2.45) is 0 Å². The van der Waals surface area contributed by atoms with E-state index in [0.717, 1.165) is 17.3 Å². The molecule has 0 bridgehead atoms. The van der Waals surface area contributed by atoms with E-state index in [9.17, 15) is 14.9 Å². The molecular formula is C15H14N6O4S. The van der Waals surface area contributed by atoms with Crippen molar-refractivity contribution in [2.45, 2.75) is 18.6 Å². The average molecular weight is 374 g/mol. The first-order chi connectivity index (χ1) is 12.5. The number of carbonyl (C=O) groups is 1. The third-order valence-corrected chi connectivity index (χ3v) is 4.31. The predicted octanol–water partition coefficient (Wildman–Crippen LogP) is 2.44. The molecule has 0 unspecified atom stereocenters. The van der Waals surface area contributed by atoms with Gasteiger partial charge in [0.2, 0.25) is 5.16 Å². The van der Waals surface area contributed by atoms with Crippen molar-refractivity contribution in [3.8, 4) is 22.5 Å². The molecule has 2 N–H and O–H groups in total. The van der Waals surface area contributed by atoms with Crippen molar-refractivity contribution in [3.05, 3.63) is 40.7 Å². The fraction of sp³-hybridized carbons (Fsp3) is 0.200. The lowest BCUT2D eigenvalue weighted by Gasteiger charge is -2.02. The zero-order valence-corrected chi connectivity index (χ0v) is 14.4. The molecule has 0 fully saturated rings. The maximum absolute atomic E-state index is 11.3. The number of aromatic nitrogens is 5. The standard InChI is InChI=1S/C15H14N6O4S/c1-2-20-7-11(6-16-20)9-3-10(5-12(4-9)21(24)25)14-17-15(19-18-14)26-8-13(22)23/h3-7H,2,8H2,1H3,(H,22,23)(H,17,18,19). The van der Waals surface area contributed by atoms with Crippen molar-refractivity contribution >= 4 is 23.4 Å². The second kappa shape index (κ2) is 7.35. The highest BCUT2D eigenvalue weighted by molar-refractivity contribution is 7.99. The Labute approximate surface area is 151 Å². The van der Waals surface area contributed by atoms with Crippen LogP contribution in [0.2, 0.25) is 0 Å². The summed E-state index contributed by atoms with van der Waals surface area (Å²) >= 11 is 0.961. The van der Waals surface area contributed by atoms with Crippen LogP contribution in [0.25, 0.3) is 22.5 Å². The zero-order chi connectivity index (χ0) is 18.7. The number of H-pyrrole nitrogens is 1. The number of hydrogen-bond acceptors (Lipinski definition) is 7. The summed E-state index contributed by atoms with van der Waals surface area (Å²) in [5.74, 6) is -0.828.